The molecule has 0 fully saturated rings. The van der Waals surface area contributed by atoms with Gasteiger partial charge < -0.3 is 5.32 Å². The number of thiazole rings is 1. The highest BCUT2D eigenvalue weighted by Gasteiger charge is 2.44. The molecule has 1 aliphatic heterocycles. The van der Waals surface area contributed by atoms with E-state index in [4.69, 9.17) is 0 Å². The maximum atomic E-state index is 13.3. The fourth-order valence-corrected chi connectivity index (χ4v) is 4.96. The molecule has 6 nitrogen and oxygen atoms in total. The van der Waals surface area contributed by atoms with Crippen molar-refractivity contribution in [3.05, 3.63) is 58.7 Å². The van der Waals surface area contributed by atoms with Gasteiger partial charge in [-0.1, -0.05) is 49.8 Å². The number of hydrogen-bond acceptors (Lipinski definition) is 5. The van der Waals surface area contributed by atoms with Crippen LogP contribution in [0.2, 0.25) is 0 Å². The van der Waals surface area contributed by atoms with Crippen molar-refractivity contribution in [2.45, 2.75) is 40.2 Å². The van der Waals surface area contributed by atoms with E-state index in [0.29, 0.717) is 22.7 Å². The molecule has 0 bridgehead atoms. The molecular weight excluding hydrogens is 398 g/mol. The van der Waals surface area contributed by atoms with Crippen LogP contribution in [0.3, 0.4) is 0 Å². The maximum Gasteiger partial charge on any atom is 0.262 e. The van der Waals surface area contributed by atoms with Crippen LogP contribution in [-0.2, 0) is 4.79 Å². The lowest BCUT2D eigenvalue weighted by atomic mass is 9.96. The molecule has 2 unspecified atom stereocenters. The highest BCUT2D eigenvalue weighted by Crippen LogP contribution is 2.32. The fraction of sp³-hybridized carbons (Fsp3) is 0.304. The molecule has 0 spiro atoms. The summed E-state index contributed by atoms with van der Waals surface area (Å²) in [5, 5.41) is 3.33. The molecule has 4 rings (SSSR count). The van der Waals surface area contributed by atoms with Gasteiger partial charge in [-0.2, -0.15) is 0 Å². The molecule has 2 heterocycles. The number of nitrogens with one attached hydrogen (secondary N) is 1. The fourth-order valence-electron chi connectivity index (χ4n) is 3.92. The Morgan fingerprint density at radius 1 is 1.13 bits per heavy atom. The quantitative estimate of drug-likeness (QED) is 0.613. The maximum absolute atomic E-state index is 13.3. The summed E-state index contributed by atoms with van der Waals surface area (Å²) in [6, 6.07) is 9.87. The van der Waals surface area contributed by atoms with Gasteiger partial charge in [-0.25, -0.2) is 4.98 Å². The summed E-state index contributed by atoms with van der Waals surface area (Å²) in [6.45, 7) is 7.82. The van der Waals surface area contributed by atoms with Crippen LogP contribution in [0, 0.1) is 19.8 Å². The molecular formula is C23H23N3O3S. The summed E-state index contributed by atoms with van der Waals surface area (Å²) in [7, 11) is 0. The number of hydrogen-bond donors (Lipinski definition) is 1. The molecule has 0 saturated heterocycles. The van der Waals surface area contributed by atoms with E-state index in [0.717, 1.165) is 26.2 Å². The lowest BCUT2D eigenvalue weighted by Crippen LogP contribution is -2.50. The van der Waals surface area contributed by atoms with E-state index in [1.165, 1.54) is 11.3 Å². The molecule has 0 radical (unpaired) electrons. The number of benzene rings is 2. The molecule has 30 heavy (non-hydrogen) atoms. The number of nitrogens with zero attached hydrogens (tertiary/aromatic N) is 2. The Morgan fingerprint density at radius 2 is 1.77 bits per heavy atom. The molecule has 2 aromatic carbocycles. The standard InChI is InChI=1S/C23H23N3O3S/c1-5-13(3)19(26-21(28)15-8-6-7-9-16(15)22(26)29)20(27)25-23-24-18-14(4)10-12(2)11-17(18)30-23/h6-11,13,19H,5H2,1-4H3,(H,24,25,27). The Hall–Kier alpha value is -3.06. The molecule has 154 valence electrons. The summed E-state index contributed by atoms with van der Waals surface area (Å²) in [4.78, 5) is 44.9. The van der Waals surface area contributed by atoms with E-state index in [1.54, 1.807) is 24.3 Å². The normalized spacial score (nSPS) is 15.4. The van der Waals surface area contributed by atoms with Crippen molar-refractivity contribution in [1.82, 2.24) is 9.88 Å². The molecule has 3 amide bonds. The Bertz CT molecular complexity index is 1150. The van der Waals surface area contributed by atoms with Gasteiger partial charge in [-0.3, -0.25) is 19.3 Å². The minimum absolute atomic E-state index is 0.203. The third kappa shape index (κ3) is 3.29. The van der Waals surface area contributed by atoms with Crippen LogP contribution >= 0.6 is 11.3 Å². The number of amides is 3. The second kappa shape index (κ2) is 7.65. The third-order valence-electron chi connectivity index (χ3n) is 5.62. The van der Waals surface area contributed by atoms with Gasteiger partial charge in [0.05, 0.1) is 21.3 Å². The van der Waals surface area contributed by atoms with Crippen LogP contribution in [0.4, 0.5) is 5.13 Å². The predicted octanol–water partition coefficient (Wildman–Crippen LogP) is 4.56. The molecule has 0 aliphatic carbocycles. The van der Waals surface area contributed by atoms with Crippen LogP contribution in [0.15, 0.2) is 36.4 Å². The van der Waals surface area contributed by atoms with Crippen LogP contribution < -0.4 is 5.32 Å². The molecule has 1 aliphatic rings. The van der Waals surface area contributed by atoms with E-state index < -0.39 is 23.8 Å². The van der Waals surface area contributed by atoms with Crippen LogP contribution in [-0.4, -0.2) is 33.6 Å². The number of rotatable bonds is 5. The van der Waals surface area contributed by atoms with Crippen LogP contribution in [0.5, 0.6) is 0 Å². The number of aromatic nitrogens is 1. The summed E-state index contributed by atoms with van der Waals surface area (Å²) < 4.78 is 0.989. The SMILES string of the molecule is CCC(C)C(C(=O)Nc1nc2c(C)cc(C)cc2s1)N1C(=O)c2ccccc2C1=O. The first-order valence-electron chi connectivity index (χ1n) is 9.97. The first kappa shape index (κ1) is 20.2. The number of anilines is 1. The number of fused-ring (bicyclic) bond motifs is 2. The van der Waals surface area contributed by atoms with E-state index in [1.807, 2.05) is 33.8 Å². The summed E-state index contributed by atoms with van der Waals surface area (Å²) in [6.07, 6.45) is 0.642. The van der Waals surface area contributed by atoms with Crippen LogP contribution in [0.1, 0.15) is 52.1 Å². The molecule has 1 aromatic heterocycles. The zero-order chi connectivity index (χ0) is 21.6. The van der Waals surface area contributed by atoms with Crippen LogP contribution in [0.25, 0.3) is 10.2 Å². The van der Waals surface area contributed by atoms with Crippen molar-refractivity contribution in [1.29, 1.82) is 0 Å². The van der Waals surface area contributed by atoms with Crippen molar-refractivity contribution >= 4 is 44.4 Å². The summed E-state index contributed by atoms with van der Waals surface area (Å²) in [5.41, 5.74) is 3.71. The van der Waals surface area contributed by atoms with Gasteiger partial charge in [0.15, 0.2) is 5.13 Å². The average Bonchev–Trinajstić information content (AvgIpc) is 3.22. The average molecular weight is 422 g/mol. The largest absolute Gasteiger partial charge is 0.300 e. The van der Waals surface area contributed by atoms with Gasteiger partial charge in [-0.05, 0) is 49.1 Å². The predicted molar refractivity (Wildman–Crippen MR) is 118 cm³/mol. The first-order valence-corrected chi connectivity index (χ1v) is 10.8. The van der Waals surface area contributed by atoms with E-state index >= 15 is 0 Å². The van der Waals surface area contributed by atoms with Gasteiger partial charge in [0, 0.05) is 0 Å². The zero-order valence-corrected chi connectivity index (χ0v) is 18.2. The number of imide groups is 1. The van der Waals surface area contributed by atoms with Crippen molar-refractivity contribution in [2.24, 2.45) is 5.92 Å². The van der Waals surface area contributed by atoms with Gasteiger partial charge >= 0.3 is 0 Å². The highest BCUT2D eigenvalue weighted by molar-refractivity contribution is 7.22. The van der Waals surface area contributed by atoms with E-state index in [-0.39, 0.29) is 5.92 Å². The lowest BCUT2D eigenvalue weighted by molar-refractivity contribution is -0.121. The van der Waals surface area contributed by atoms with E-state index in [2.05, 4.69) is 16.4 Å². The Labute approximate surface area is 178 Å². The summed E-state index contributed by atoms with van der Waals surface area (Å²) in [5.74, 6) is -1.45. The lowest BCUT2D eigenvalue weighted by Gasteiger charge is -2.29. The van der Waals surface area contributed by atoms with Gasteiger partial charge in [-0.15, -0.1) is 0 Å². The van der Waals surface area contributed by atoms with Crippen molar-refractivity contribution in [3.8, 4) is 0 Å². The second-order valence-electron chi connectivity index (χ2n) is 7.79. The smallest absolute Gasteiger partial charge is 0.262 e. The van der Waals surface area contributed by atoms with Crippen molar-refractivity contribution in [3.63, 3.8) is 0 Å². The minimum Gasteiger partial charge on any atom is -0.300 e. The van der Waals surface area contributed by atoms with Gasteiger partial charge in [0.25, 0.3) is 11.8 Å². The summed E-state index contributed by atoms with van der Waals surface area (Å²) >= 11 is 1.39. The molecule has 7 heteroatoms. The Kier molecular flexibility index (Phi) is 5.15. The number of carbonyl (C=O) groups is 3. The molecule has 2 atom stereocenters. The Balaban J connectivity index is 1.67. The van der Waals surface area contributed by atoms with Crippen molar-refractivity contribution < 1.29 is 14.4 Å². The second-order valence-corrected chi connectivity index (χ2v) is 8.82. The monoisotopic (exact) mass is 421 g/mol. The first-order chi connectivity index (χ1) is 14.3. The minimum atomic E-state index is -0.905. The zero-order valence-electron chi connectivity index (χ0n) is 17.4. The number of aryl methyl sites for hydroxylation is 2. The van der Waals surface area contributed by atoms with E-state index in [9.17, 15) is 14.4 Å². The Morgan fingerprint density at radius 3 is 2.37 bits per heavy atom. The molecule has 1 N–H and O–H groups in total. The highest BCUT2D eigenvalue weighted by atomic mass is 32.1. The van der Waals surface area contributed by atoms with Gasteiger partial charge in [0.2, 0.25) is 5.91 Å². The molecule has 0 saturated carbocycles. The van der Waals surface area contributed by atoms with Crippen molar-refractivity contribution in [2.75, 3.05) is 5.32 Å². The topological polar surface area (TPSA) is 79.4 Å². The van der Waals surface area contributed by atoms with Gasteiger partial charge in [0.1, 0.15) is 6.04 Å². The molecule has 3 aromatic rings. The third-order valence-corrected chi connectivity index (χ3v) is 6.53. The number of carbonyl (C=O) groups excluding carboxylic acids is 3.